The molecular weight excluding hydrogens is 162 g/mol. The van der Waals surface area contributed by atoms with E-state index in [9.17, 15) is 0 Å². The van der Waals surface area contributed by atoms with E-state index in [1.165, 1.54) is 0 Å². The summed E-state index contributed by atoms with van der Waals surface area (Å²) >= 11 is 0. The summed E-state index contributed by atoms with van der Waals surface area (Å²) in [7, 11) is 0. The second-order valence-electron chi connectivity index (χ2n) is 2.91. The van der Waals surface area contributed by atoms with Crippen LogP contribution in [0.1, 0.15) is 5.56 Å². The third-order valence-corrected chi connectivity index (χ3v) is 1.89. The Balaban J connectivity index is 2.24. The van der Waals surface area contributed by atoms with Gasteiger partial charge in [-0.1, -0.05) is 18.2 Å². The number of aromatic amines is 1. The van der Waals surface area contributed by atoms with E-state index in [2.05, 4.69) is 4.98 Å². The molecule has 0 saturated heterocycles. The topological polar surface area (TPSA) is 25.0 Å². The van der Waals surface area contributed by atoms with Crippen molar-refractivity contribution < 1.29 is 4.74 Å². The molecule has 0 aliphatic rings. The molecule has 0 bridgehead atoms. The first-order valence-corrected chi connectivity index (χ1v) is 4.22. The van der Waals surface area contributed by atoms with Gasteiger partial charge in [-0.05, 0) is 24.6 Å². The smallest absolute Gasteiger partial charge is 0.144 e. The summed E-state index contributed by atoms with van der Waals surface area (Å²) < 4.78 is 5.62. The van der Waals surface area contributed by atoms with Gasteiger partial charge in [0.25, 0.3) is 0 Å². The Labute approximate surface area is 77.2 Å². The minimum absolute atomic E-state index is 0.842. The molecule has 0 aliphatic heterocycles. The van der Waals surface area contributed by atoms with Crippen molar-refractivity contribution in [1.29, 1.82) is 0 Å². The predicted octanol–water partition coefficient (Wildman–Crippen LogP) is 3.12. The molecule has 13 heavy (non-hydrogen) atoms. The first kappa shape index (κ1) is 7.92. The van der Waals surface area contributed by atoms with Crippen molar-refractivity contribution in [2.45, 2.75) is 6.92 Å². The molecule has 0 unspecified atom stereocenters. The standard InChI is InChI=1S/C11H11NO/c1-9-4-2-3-5-11(9)13-10-6-7-12-8-10/h2-8,12H,1H3. The average molecular weight is 173 g/mol. The van der Waals surface area contributed by atoms with E-state index in [4.69, 9.17) is 4.74 Å². The van der Waals surface area contributed by atoms with Crippen LogP contribution in [-0.2, 0) is 0 Å². The van der Waals surface area contributed by atoms with Gasteiger partial charge in [-0.3, -0.25) is 0 Å². The minimum atomic E-state index is 0.842. The molecule has 2 heteroatoms. The number of nitrogens with one attached hydrogen (secondary N) is 1. The van der Waals surface area contributed by atoms with Gasteiger partial charge in [0, 0.05) is 12.4 Å². The summed E-state index contributed by atoms with van der Waals surface area (Å²) in [5, 5.41) is 0. The second kappa shape index (κ2) is 3.35. The fraction of sp³-hybridized carbons (Fsp3) is 0.0909. The summed E-state index contributed by atoms with van der Waals surface area (Å²) in [5.41, 5.74) is 1.14. The minimum Gasteiger partial charge on any atom is -0.456 e. The maximum atomic E-state index is 5.62. The number of aromatic nitrogens is 1. The van der Waals surface area contributed by atoms with Gasteiger partial charge in [-0.15, -0.1) is 0 Å². The van der Waals surface area contributed by atoms with E-state index < -0.39 is 0 Å². The fourth-order valence-corrected chi connectivity index (χ4v) is 1.17. The van der Waals surface area contributed by atoms with Crippen LogP contribution < -0.4 is 4.74 Å². The van der Waals surface area contributed by atoms with Gasteiger partial charge in [-0.2, -0.15) is 0 Å². The Morgan fingerprint density at radius 3 is 2.69 bits per heavy atom. The van der Waals surface area contributed by atoms with E-state index >= 15 is 0 Å². The number of H-pyrrole nitrogens is 1. The summed E-state index contributed by atoms with van der Waals surface area (Å²) in [5.74, 6) is 1.75. The second-order valence-corrected chi connectivity index (χ2v) is 2.91. The van der Waals surface area contributed by atoms with E-state index in [-0.39, 0.29) is 0 Å². The van der Waals surface area contributed by atoms with Crippen molar-refractivity contribution in [2.75, 3.05) is 0 Å². The molecule has 0 atom stereocenters. The fourth-order valence-electron chi connectivity index (χ4n) is 1.17. The first-order valence-electron chi connectivity index (χ1n) is 4.22. The van der Waals surface area contributed by atoms with Crippen LogP contribution in [-0.4, -0.2) is 4.98 Å². The molecule has 2 nitrogen and oxygen atoms in total. The van der Waals surface area contributed by atoms with Gasteiger partial charge in [0.15, 0.2) is 0 Å². The molecule has 1 aromatic carbocycles. The van der Waals surface area contributed by atoms with Crippen LogP contribution in [0.5, 0.6) is 11.5 Å². The molecule has 0 amide bonds. The predicted molar refractivity (Wildman–Crippen MR) is 52.0 cm³/mol. The Morgan fingerprint density at radius 1 is 1.15 bits per heavy atom. The molecule has 66 valence electrons. The Kier molecular flexibility index (Phi) is 2.04. The largest absolute Gasteiger partial charge is 0.456 e. The molecule has 0 saturated carbocycles. The summed E-state index contributed by atoms with van der Waals surface area (Å²) in [6.07, 6.45) is 3.67. The molecule has 1 heterocycles. The highest BCUT2D eigenvalue weighted by atomic mass is 16.5. The van der Waals surface area contributed by atoms with Crippen LogP contribution in [0, 0.1) is 6.92 Å². The molecule has 0 fully saturated rings. The molecule has 1 aromatic heterocycles. The third kappa shape index (κ3) is 1.72. The highest BCUT2D eigenvalue weighted by Crippen LogP contribution is 2.23. The van der Waals surface area contributed by atoms with E-state index in [1.807, 2.05) is 49.6 Å². The lowest BCUT2D eigenvalue weighted by molar-refractivity contribution is 0.479. The number of rotatable bonds is 2. The van der Waals surface area contributed by atoms with Gasteiger partial charge >= 0.3 is 0 Å². The summed E-state index contributed by atoms with van der Waals surface area (Å²) in [4.78, 5) is 2.94. The maximum absolute atomic E-state index is 5.62. The number of ether oxygens (including phenoxy) is 1. The lowest BCUT2D eigenvalue weighted by Crippen LogP contribution is -1.84. The highest BCUT2D eigenvalue weighted by molar-refractivity contribution is 5.35. The molecule has 1 N–H and O–H groups in total. The van der Waals surface area contributed by atoms with Crippen LogP contribution in [0.4, 0.5) is 0 Å². The zero-order valence-electron chi connectivity index (χ0n) is 7.45. The number of aryl methyl sites for hydroxylation is 1. The van der Waals surface area contributed by atoms with Gasteiger partial charge in [0.2, 0.25) is 0 Å². The normalized spacial score (nSPS) is 9.92. The zero-order valence-corrected chi connectivity index (χ0v) is 7.45. The van der Waals surface area contributed by atoms with Crippen LogP contribution in [0.15, 0.2) is 42.7 Å². The highest BCUT2D eigenvalue weighted by Gasteiger charge is 1.98. The van der Waals surface area contributed by atoms with Crippen molar-refractivity contribution in [2.24, 2.45) is 0 Å². The van der Waals surface area contributed by atoms with Gasteiger partial charge in [-0.25, -0.2) is 0 Å². The Bertz CT molecular complexity index is 379. The summed E-state index contributed by atoms with van der Waals surface area (Å²) in [6.45, 7) is 2.03. The van der Waals surface area contributed by atoms with Crippen molar-refractivity contribution in [1.82, 2.24) is 4.98 Å². The molecular formula is C11H11NO. The lowest BCUT2D eigenvalue weighted by Gasteiger charge is -2.05. The molecule has 0 radical (unpaired) electrons. The third-order valence-electron chi connectivity index (χ3n) is 1.89. The number of hydrogen-bond acceptors (Lipinski definition) is 1. The SMILES string of the molecule is Cc1ccccc1Oc1cc[nH]c1. The number of para-hydroxylation sites is 1. The average Bonchev–Trinajstić information content (AvgIpc) is 2.61. The lowest BCUT2D eigenvalue weighted by atomic mass is 10.2. The van der Waals surface area contributed by atoms with Crippen molar-refractivity contribution >= 4 is 0 Å². The van der Waals surface area contributed by atoms with Gasteiger partial charge in [0.05, 0.1) is 0 Å². The van der Waals surface area contributed by atoms with Crippen LogP contribution in [0.25, 0.3) is 0 Å². The van der Waals surface area contributed by atoms with Crippen molar-refractivity contribution in [3.63, 3.8) is 0 Å². The van der Waals surface area contributed by atoms with E-state index in [0.29, 0.717) is 0 Å². The number of benzene rings is 1. The Morgan fingerprint density at radius 2 is 2.00 bits per heavy atom. The molecule has 0 spiro atoms. The van der Waals surface area contributed by atoms with E-state index in [1.54, 1.807) is 0 Å². The first-order chi connectivity index (χ1) is 6.36. The molecule has 2 aromatic rings. The summed E-state index contributed by atoms with van der Waals surface area (Å²) in [6, 6.07) is 9.85. The quantitative estimate of drug-likeness (QED) is 0.741. The van der Waals surface area contributed by atoms with Crippen LogP contribution >= 0.6 is 0 Å². The molecule has 2 rings (SSSR count). The maximum Gasteiger partial charge on any atom is 0.144 e. The van der Waals surface area contributed by atoms with Crippen LogP contribution in [0.3, 0.4) is 0 Å². The van der Waals surface area contributed by atoms with Crippen molar-refractivity contribution in [3.8, 4) is 11.5 Å². The number of hydrogen-bond donors (Lipinski definition) is 1. The van der Waals surface area contributed by atoms with Gasteiger partial charge in [0.1, 0.15) is 11.5 Å². The molecule has 0 aliphatic carbocycles. The van der Waals surface area contributed by atoms with Crippen LogP contribution in [0.2, 0.25) is 0 Å². The monoisotopic (exact) mass is 173 g/mol. The zero-order chi connectivity index (χ0) is 9.10. The Hall–Kier alpha value is -1.70. The van der Waals surface area contributed by atoms with Crippen molar-refractivity contribution in [3.05, 3.63) is 48.3 Å². The van der Waals surface area contributed by atoms with Gasteiger partial charge < -0.3 is 9.72 Å². The van der Waals surface area contributed by atoms with E-state index in [0.717, 1.165) is 17.1 Å².